The number of benzene rings is 3. The second kappa shape index (κ2) is 13.6. The van der Waals surface area contributed by atoms with Gasteiger partial charge in [0, 0.05) is 0 Å². The molecule has 15 nitrogen and oxygen atoms in total. The minimum atomic E-state index is -1.32. The molecule has 3 aromatic carbocycles. The predicted octanol–water partition coefficient (Wildman–Crippen LogP) is -0.391. The fourth-order valence-corrected chi connectivity index (χ4v) is 2.17. The number of rotatable bonds is 3. The zero-order valence-electron chi connectivity index (χ0n) is 17.7. The van der Waals surface area contributed by atoms with Gasteiger partial charge < -0.3 is 61.3 Å². The molecular formula is C21H15ErO15. The molecule has 1 radical (unpaired) electrons. The van der Waals surface area contributed by atoms with Gasteiger partial charge in [-0.15, -0.1) is 0 Å². The van der Waals surface area contributed by atoms with E-state index in [9.17, 15) is 29.7 Å². The van der Waals surface area contributed by atoms with Gasteiger partial charge in [-0.2, -0.15) is 0 Å². The Bertz CT molecular complexity index is 1090. The van der Waals surface area contributed by atoms with E-state index in [0.29, 0.717) is 0 Å². The second-order valence-electron chi connectivity index (χ2n) is 6.45. The number of phenols is 6. The van der Waals surface area contributed by atoms with Crippen molar-refractivity contribution in [2.24, 2.45) is 0 Å². The van der Waals surface area contributed by atoms with Gasteiger partial charge >= 0.3 is 55.2 Å². The maximum Gasteiger partial charge on any atom is 3.00 e. The summed E-state index contributed by atoms with van der Waals surface area (Å²) in [5, 5.41) is 110. The molecular weight excluding hydrogens is 659 g/mol. The van der Waals surface area contributed by atoms with Crippen LogP contribution in [0.4, 0.5) is 0 Å². The van der Waals surface area contributed by atoms with E-state index in [1.807, 2.05) is 0 Å². The van der Waals surface area contributed by atoms with Crippen LogP contribution in [0.1, 0.15) is 31.1 Å². The molecule has 0 atom stereocenters. The van der Waals surface area contributed by atoms with Gasteiger partial charge in [-0.3, -0.25) is 0 Å². The van der Waals surface area contributed by atoms with Crippen LogP contribution < -0.4 is 15.3 Å². The number of carbonyl (C=O) groups is 3. The molecule has 0 aromatic heterocycles. The molecule has 0 amide bonds. The van der Waals surface area contributed by atoms with Crippen molar-refractivity contribution >= 4 is 17.9 Å². The maximum absolute atomic E-state index is 10.7. The molecule has 0 fully saturated rings. The van der Waals surface area contributed by atoms with Crippen molar-refractivity contribution in [1.29, 1.82) is 0 Å². The average molecular weight is 675 g/mol. The van der Waals surface area contributed by atoms with Crippen molar-refractivity contribution in [3.8, 4) is 51.7 Å². The molecule has 0 aliphatic carbocycles. The molecule has 0 saturated heterocycles. The molecule has 37 heavy (non-hydrogen) atoms. The summed E-state index contributed by atoms with van der Waals surface area (Å²) >= 11 is 0. The van der Waals surface area contributed by atoms with E-state index in [-0.39, 0.29) is 54.0 Å². The summed E-state index contributed by atoms with van der Waals surface area (Å²) < 4.78 is 0. The largest absolute Gasteiger partial charge is 3.00 e. The van der Waals surface area contributed by atoms with Gasteiger partial charge in [0.25, 0.3) is 0 Å². The zero-order valence-corrected chi connectivity index (χ0v) is 19.6. The molecule has 0 aliphatic heterocycles. The van der Waals surface area contributed by atoms with Gasteiger partial charge in [0.2, 0.25) is 0 Å². The van der Waals surface area contributed by atoms with E-state index in [4.69, 9.17) is 46.0 Å². The van der Waals surface area contributed by atoms with Crippen LogP contribution in [-0.2, 0) is 0 Å². The van der Waals surface area contributed by atoms with Gasteiger partial charge in [-0.25, -0.2) is 14.4 Å². The van der Waals surface area contributed by atoms with Crippen molar-refractivity contribution in [2.45, 2.75) is 0 Å². The van der Waals surface area contributed by atoms with Crippen LogP contribution in [0.2, 0.25) is 0 Å². The number of hydrogen-bond acceptors (Lipinski definition) is 12. The molecule has 16 heteroatoms. The monoisotopic (exact) mass is 673 g/mol. The fraction of sp³-hybridized carbons (Fsp3) is 0. The van der Waals surface area contributed by atoms with E-state index in [0.717, 1.165) is 36.4 Å². The first-order chi connectivity index (χ1) is 16.6. The number of carboxylic acid groups (broad SMARTS) is 3. The number of carboxylic acids is 3. The van der Waals surface area contributed by atoms with E-state index < -0.39 is 69.7 Å². The molecule has 9 N–H and O–H groups in total. The molecule has 0 saturated carbocycles. The Morgan fingerprint density at radius 3 is 0.676 bits per heavy atom. The van der Waals surface area contributed by atoms with Crippen molar-refractivity contribution in [3.05, 3.63) is 53.1 Å². The van der Waals surface area contributed by atoms with Gasteiger partial charge in [-0.1, -0.05) is 0 Å². The smallest absolute Gasteiger partial charge is 0.867 e. The Morgan fingerprint density at radius 2 is 0.568 bits per heavy atom. The third-order valence-electron chi connectivity index (χ3n) is 3.89. The molecule has 0 heterocycles. The van der Waals surface area contributed by atoms with Crippen LogP contribution in [0.5, 0.6) is 51.7 Å². The van der Waals surface area contributed by atoms with Crippen LogP contribution in [0.25, 0.3) is 0 Å². The average Bonchev–Trinajstić information content (AvgIpc) is 2.79. The topological polar surface area (TPSA) is 302 Å². The quantitative estimate of drug-likeness (QED) is 0.171. The Morgan fingerprint density at radius 1 is 0.432 bits per heavy atom. The molecule has 0 bridgehead atoms. The number of aromatic hydroxyl groups is 6. The Hall–Kier alpha value is -4.48. The molecule has 0 spiro atoms. The van der Waals surface area contributed by atoms with E-state index in [2.05, 4.69) is 0 Å². The number of hydrogen-bond donors (Lipinski definition) is 9. The minimum absolute atomic E-state index is 0. The third-order valence-corrected chi connectivity index (χ3v) is 3.89. The molecule has 0 aliphatic rings. The van der Waals surface area contributed by atoms with Crippen molar-refractivity contribution < 1.29 is 113 Å². The summed E-state index contributed by atoms with van der Waals surface area (Å²) in [5.41, 5.74) is -0.987. The van der Waals surface area contributed by atoms with E-state index >= 15 is 0 Å². The molecule has 3 rings (SSSR count). The van der Waals surface area contributed by atoms with Gasteiger partial charge in [0.1, 0.15) is 34.5 Å². The normalized spacial score (nSPS) is 9.41. The first kappa shape index (κ1) is 32.5. The van der Waals surface area contributed by atoms with Crippen LogP contribution in [0, 0.1) is 37.3 Å². The van der Waals surface area contributed by atoms with Crippen molar-refractivity contribution in [3.63, 3.8) is 0 Å². The predicted molar refractivity (Wildman–Crippen MR) is 109 cm³/mol. The summed E-state index contributed by atoms with van der Waals surface area (Å²) in [6, 6.07) is 4.69. The first-order valence-corrected chi connectivity index (χ1v) is 8.95. The van der Waals surface area contributed by atoms with Crippen LogP contribution >= 0.6 is 0 Å². The van der Waals surface area contributed by atoms with Crippen LogP contribution in [0.3, 0.4) is 0 Å². The fourth-order valence-electron chi connectivity index (χ4n) is 2.17. The van der Waals surface area contributed by atoms with Gasteiger partial charge in [-0.05, 0) is 53.6 Å². The summed E-state index contributed by atoms with van der Waals surface area (Å²) in [6.45, 7) is 0. The zero-order chi connectivity index (χ0) is 27.9. The van der Waals surface area contributed by atoms with Gasteiger partial charge in [0.15, 0.2) is 0 Å². The molecule has 0 unspecified atom stereocenters. The first-order valence-electron chi connectivity index (χ1n) is 8.95. The second-order valence-corrected chi connectivity index (χ2v) is 6.45. The molecule has 201 valence electrons. The Kier molecular flexibility index (Phi) is 11.9. The Balaban J connectivity index is 0.000000518. The van der Waals surface area contributed by atoms with Crippen LogP contribution in [0.15, 0.2) is 36.4 Å². The standard InChI is InChI=1S/3C7H6O5.Er/c3*8-4-1-3(7(11)12)2-5(9)6(4)10;/h3*1-2,8-10H,(H,11,12);/q;;;+3/p-3. The Labute approximate surface area is 234 Å². The van der Waals surface area contributed by atoms with Crippen LogP contribution in [-0.4, -0.2) is 63.9 Å². The minimum Gasteiger partial charge on any atom is -0.867 e. The van der Waals surface area contributed by atoms with Crippen molar-refractivity contribution in [1.82, 2.24) is 0 Å². The summed E-state index contributed by atoms with van der Waals surface area (Å²) in [4.78, 5) is 30.9. The molecule has 3 aromatic rings. The third kappa shape index (κ3) is 8.91. The van der Waals surface area contributed by atoms with Crippen molar-refractivity contribution in [2.75, 3.05) is 0 Å². The van der Waals surface area contributed by atoms with E-state index in [1.165, 1.54) is 0 Å². The number of phenolic OH excluding ortho intramolecular Hbond substituents is 6. The SMILES string of the molecule is O=C(O)c1cc(O)c([O-])c(O)c1.O=C(O)c1cc(O)c([O-])c(O)c1.O=C(O)c1cc(O)c([O-])c(O)c1.[Er+3]. The van der Waals surface area contributed by atoms with Gasteiger partial charge in [0.05, 0.1) is 16.7 Å². The summed E-state index contributed by atoms with van der Waals surface area (Å²) in [7, 11) is 0. The number of aromatic carboxylic acids is 3. The summed E-state index contributed by atoms with van der Waals surface area (Å²) in [5.74, 6) is -11.5. The maximum atomic E-state index is 10.7. The van der Waals surface area contributed by atoms with E-state index in [1.54, 1.807) is 0 Å². The summed E-state index contributed by atoms with van der Waals surface area (Å²) in [6.07, 6.45) is 0.